The van der Waals surface area contributed by atoms with Crippen molar-refractivity contribution in [3.05, 3.63) is 0 Å². The van der Waals surface area contributed by atoms with Gasteiger partial charge in [0.15, 0.2) is 0 Å². The summed E-state index contributed by atoms with van der Waals surface area (Å²) in [5.74, 6) is -0.185. The molecular weight excluding hydrogens is 230 g/mol. The number of nitrogens with zero attached hydrogens (tertiary/aromatic N) is 1. The first kappa shape index (κ1) is 13.2. The van der Waals surface area contributed by atoms with Crippen molar-refractivity contribution in [3.63, 3.8) is 0 Å². The molecule has 1 aliphatic heterocycles. The highest BCUT2D eigenvalue weighted by atomic mass is 16.2. The van der Waals surface area contributed by atoms with E-state index in [9.17, 15) is 9.59 Å². The summed E-state index contributed by atoms with van der Waals surface area (Å²) in [4.78, 5) is 28.5. The minimum atomic E-state index is -0.988. The highest BCUT2D eigenvalue weighted by molar-refractivity contribution is 6.20. The fourth-order valence-corrected chi connectivity index (χ4v) is 2.91. The number of rotatable bonds is 3. The predicted molar refractivity (Wildman–Crippen MR) is 69.0 cm³/mol. The highest BCUT2D eigenvalue weighted by Gasteiger charge is 2.49. The SMILES string of the molecule is CCC1(CC)C(=O)N=C(C2(N)CCCC2)NC1=O. The highest BCUT2D eigenvalue weighted by Crippen LogP contribution is 2.34. The van der Waals surface area contributed by atoms with E-state index in [1.807, 2.05) is 13.8 Å². The van der Waals surface area contributed by atoms with Gasteiger partial charge >= 0.3 is 0 Å². The molecule has 0 atom stereocenters. The zero-order valence-corrected chi connectivity index (χ0v) is 11.1. The molecule has 0 saturated heterocycles. The van der Waals surface area contributed by atoms with E-state index >= 15 is 0 Å². The van der Waals surface area contributed by atoms with Crippen LogP contribution < -0.4 is 11.1 Å². The molecule has 0 radical (unpaired) electrons. The molecule has 2 aliphatic rings. The average Bonchev–Trinajstić information content (AvgIpc) is 2.78. The summed E-state index contributed by atoms with van der Waals surface area (Å²) >= 11 is 0. The molecule has 2 amide bonds. The number of nitrogens with one attached hydrogen (secondary N) is 1. The Labute approximate surface area is 107 Å². The summed E-state index contributed by atoms with van der Waals surface area (Å²) in [5, 5.41) is 2.79. The first-order valence-electron chi connectivity index (χ1n) is 6.72. The number of carbonyl (C=O) groups excluding carboxylic acids is 2. The van der Waals surface area contributed by atoms with Crippen LogP contribution in [0.25, 0.3) is 0 Å². The van der Waals surface area contributed by atoms with Crippen molar-refractivity contribution < 1.29 is 9.59 Å². The van der Waals surface area contributed by atoms with Gasteiger partial charge in [0, 0.05) is 0 Å². The topological polar surface area (TPSA) is 84.6 Å². The maximum absolute atomic E-state index is 12.2. The zero-order chi connectivity index (χ0) is 13.4. The fraction of sp³-hybridized carbons (Fsp3) is 0.769. The second kappa shape index (κ2) is 4.46. The van der Waals surface area contributed by atoms with Crippen LogP contribution in [0.15, 0.2) is 4.99 Å². The lowest BCUT2D eigenvalue weighted by atomic mass is 9.78. The Morgan fingerprint density at radius 3 is 2.22 bits per heavy atom. The minimum Gasteiger partial charge on any atom is -0.319 e. The monoisotopic (exact) mass is 251 g/mol. The third-order valence-corrected chi connectivity index (χ3v) is 4.46. The summed E-state index contributed by atoms with van der Waals surface area (Å²) < 4.78 is 0. The molecular formula is C13H21N3O2. The maximum atomic E-state index is 12.2. The molecule has 5 heteroatoms. The normalized spacial score (nSPS) is 25.8. The van der Waals surface area contributed by atoms with Crippen LogP contribution >= 0.6 is 0 Å². The number of amidine groups is 1. The number of amides is 2. The Balaban J connectivity index is 2.34. The van der Waals surface area contributed by atoms with Crippen molar-refractivity contribution in [2.45, 2.75) is 57.9 Å². The summed E-state index contributed by atoms with van der Waals surface area (Å²) in [6.45, 7) is 3.69. The van der Waals surface area contributed by atoms with E-state index in [4.69, 9.17) is 5.73 Å². The molecule has 5 nitrogen and oxygen atoms in total. The van der Waals surface area contributed by atoms with Gasteiger partial charge in [-0.05, 0) is 25.7 Å². The Morgan fingerprint density at radius 1 is 1.22 bits per heavy atom. The standard InChI is InChI=1S/C13H21N3O2/c1-3-12(4-2)10(17)15-9(16-11(12)18)13(14)7-5-6-8-13/h3-8,14H2,1-2H3,(H,15,16,17,18). The first-order chi connectivity index (χ1) is 8.48. The second-order valence-corrected chi connectivity index (χ2v) is 5.37. The van der Waals surface area contributed by atoms with Gasteiger partial charge in [-0.2, -0.15) is 4.99 Å². The largest absolute Gasteiger partial charge is 0.319 e. The molecule has 18 heavy (non-hydrogen) atoms. The molecule has 100 valence electrons. The van der Waals surface area contributed by atoms with Crippen LogP contribution in [0.2, 0.25) is 0 Å². The molecule has 0 bridgehead atoms. The molecule has 0 spiro atoms. The van der Waals surface area contributed by atoms with Gasteiger partial charge in [-0.15, -0.1) is 0 Å². The van der Waals surface area contributed by atoms with Gasteiger partial charge in [0.1, 0.15) is 11.3 Å². The summed E-state index contributed by atoms with van der Waals surface area (Å²) in [6, 6.07) is 0. The van der Waals surface area contributed by atoms with Crippen molar-refractivity contribution in [3.8, 4) is 0 Å². The van der Waals surface area contributed by atoms with E-state index in [2.05, 4.69) is 10.3 Å². The third kappa shape index (κ3) is 1.77. The molecule has 1 saturated carbocycles. The molecule has 1 heterocycles. The lowest BCUT2D eigenvalue weighted by Crippen LogP contribution is -2.61. The Kier molecular flexibility index (Phi) is 3.27. The molecule has 0 unspecified atom stereocenters. The zero-order valence-electron chi connectivity index (χ0n) is 11.1. The van der Waals surface area contributed by atoms with Gasteiger partial charge in [0.05, 0.1) is 5.54 Å². The molecule has 0 aromatic carbocycles. The summed E-state index contributed by atoms with van der Waals surface area (Å²) in [6.07, 6.45) is 4.55. The minimum absolute atomic E-state index is 0.237. The molecule has 0 aromatic rings. The van der Waals surface area contributed by atoms with E-state index < -0.39 is 11.0 Å². The van der Waals surface area contributed by atoms with Gasteiger partial charge in [0.25, 0.3) is 5.91 Å². The van der Waals surface area contributed by atoms with Crippen molar-refractivity contribution in [2.75, 3.05) is 0 Å². The van der Waals surface area contributed by atoms with E-state index in [0.29, 0.717) is 18.7 Å². The van der Waals surface area contributed by atoms with Gasteiger partial charge in [-0.25, -0.2) is 0 Å². The van der Waals surface area contributed by atoms with Crippen LogP contribution in [0.5, 0.6) is 0 Å². The van der Waals surface area contributed by atoms with Crippen LogP contribution in [0.4, 0.5) is 0 Å². The van der Waals surface area contributed by atoms with Crippen LogP contribution in [0.1, 0.15) is 52.4 Å². The number of hydrogen-bond donors (Lipinski definition) is 2. The van der Waals surface area contributed by atoms with Crippen molar-refractivity contribution in [1.82, 2.24) is 5.32 Å². The quantitative estimate of drug-likeness (QED) is 0.737. The first-order valence-corrected chi connectivity index (χ1v) is 6.72. The number of carbonyl (C=O) groups is 2. The van der Waals surface area contributed by atoms with Crippen LogP contribution in [0.3, 0.4) is 0 Å². The molecule has 1 aliphatic carbocycles. The lowest BCUT2D eigenvalue weighted by Gasteiger charge is -2.35. The van der Waals surface area contributed by atoms with Crippen molar-refractivity contribution in [2.24, 2.45) is 16.1 Å². The smallest absolute Gasteiger partial charge is 0.263 e. The third-order valence-electron chi connectivity index (χ3n) is 4.46. The fourth-order valence-electron chi connectivity index (χ4n) is 2.91. The molecule has 3 N–H and O–H groups in total. The van der Waals surface area contributed by atoms with Gasteiger partial charge in [0.2, 0.25) is 5.91 Å². The molecule has 0 aromatic heterocycles. The van der Waals surface area contributed by atoms with Crippen LogP contribution in [0, 0.1) is 5.41 Å². The van der Waals surface area contributed by atoms with Gasteiger partial charge < -0.3 is 11.1 Å². The van der Waals surface area contributed by atoms with Crippen molar-refractivity contribution in [1.29, 1.82) is 0 Å². The van der Waals surface area contributed by atoms with Crippen LogP contribution in [-0.4, -0.2) is 23.2 Å². The number of nitrogens with two attached hydrogens (primary N) is 1. The predicted octanol–water partition coefficient (Wildman–Crippen LogP) is 1.12. The van der Waals surface area contributed by atoms with Crippen LogP contribution in [-0.2, 0) is 9.59 Å². The van der Waals surface area contributed by atoms with E-state index in [1.165, 1.54) is 0 Å². The Hall–Kier alpha value is -1.23. The molecule has 1 fully saturated rings. The lowest BCUT2D eigenvalue weighted by molar-refractivity contribution is -0.142. The summed E-state index contributed by atoms with van der Waals surface area (Å²) in [5.41, 5.74) is 4.63. The summed E-state index contributed by atoms with van der Waals surface area (Å²) in [7, 11) is 0. The van der Waals surface area contributed by atoms with E-state index in [-0.39, 0.29) is 11.8 Å². The second-order valence-electron chi connectivity index (χ2n) is 5.37. The average molecular weight is 251 g/mol. The van der Waals surface area contributed by atoms with E-state index in [1.54, 1.807) is 0 Å². The Bertz CT molecular complexity index is 404. The van der Waals surface area contributed by atoms with Crippen molar-refractivity contribution >= 4 is 17.6 Å². The van der Waals surface area contributed by atoms with Gasteiger partial charge in [-0.3, -0.25) is 9.59 Å². The number of aliphatic imine (C=N–C) groups is 1. The molecule has 2 rings (SSSR count). The maximum Gasteiger partial charge on any atom is 0.263 e. The van der Waals surface area contributed by atoms with E-state index in [0.717, 1.165) is 25.7 Å². The Morgan fingerprint density at radius 2 is 1.78 bits per heavy atom. The van der Waals surface area contributed by atoms with Gasteiger partial charge in [-0.1, -0.05) is 26.7 Å². The number of hydrogen-bond acceptors (Lipinski definition) is 3.